The number of hydrogen-bond acceptors (Lipinski definition) is 4. The summed E-state index contributed by atoms with van der Waals surface area (Å²) >= 11 is 1.34. The number of ether oxygens (including phenoxy) is 1. The molecule has 3 aliphatic rings. The number of phenolic OH excluding ortho intramolecular Hbond substituents is 1. The van der Waals surface area contributed by atoms with Gasteiger partial charge in [-0.05, 0) is 125 Å². The van der Waals surface area contributed by atoms with Gasteiger partial charge in [0.2, 0.25) is 0 Å². The highest BCUT2D eigenvalue weighted by Crippen LogP contribution is 2.63. The molecule has 0 bridgehead atoms. The van der Waals surface area contributed by atoms with E-state index in [9.17, 15) is 27.1 Å². The number of fused-ring (bicyclic) bond motifs is 5. The molecular formula is C30H46F5NO2S. The number of aromatic hydroxyl groups is 1. The quantitative estimate of drug-likeness (QED) is 0.171. The molecule has 2 fully saturated rings. The fourth-order valence-corrected chi connectivity index (χ4v) is 8.89. The lowest BCUT2D eigenvalue weighted by Gasteiger charge is -2.54. The highest BCUT2D eigenvalue weighted by molar-refractivity contribution is 7.97. The van der Waals surface area contributed by atoms with E-state index < -0.39 is 18.5 Å². The lowest BCUT2D eigenvalue weighted by atomic mass is 9.52. The van der Waals surface area contributed by atoms with Crippen molar-refractivity contribution in [2.75, 3.05) is 19.9 Å². The van der Waals surface area contributed by atoms with Crippen LogP contribution in [0.2, 0.25) is 0 Å². The van der Waals surface area contributed by atoms with Crippen LogP contribution >= 0.6 is 11.9 Å². The third-order valence-corrected chi connectivity index (χ3v) is 11.7. The second kappa shape index (κ2) is 11.3. The van der Waals surface area contributed by atoms with Gasteiger partial charge in [0, 0.05) is 26.2 Å². The van der Waals surface area contributed by atoms with Crippen LogP contribution in [0, 0.1) is 23.2 Å². The van der Waals surface area contributed by atoms with E-state index in [2.05, 4.69) is 26.8 Å². The van der Waals surface area contributed by atoms with Crippen LogP contribution in [0.3, 0.4) is 0 Å². The van der Waals surface area contributed by atoms with Crippen molar-refractivity contribution >= 4 is 11.9 Å². The van der Waals surface area contributed by atoms with E-state index in [4.69, 9.17) is 4.74 Å². The third kappa shape index (κ3) is 6.11. The predicted octanol–water partition coefficient (Wildman–Crippen LogP) is 8.85. The Hall–Kier alpha value is -1.06. The van der Waals surface area contributed by atoms with Crippen LogP contribution in [-0.4, -0.2) is 53.1 Å². The van der Waals surface area contributed by atoms with Gasteiger partial charge >= 0.3 is 12.1 Å². The molecule has 3 nitrogen and oxygen atoms in total. The standard InChI is InChI=1S/C30H44F5NO2S.H2/c1-27(2,36(4)39-16-6-13-29(31,32)30(33,34)35)14-11-19-17-20-18-21(37)7-8-22(20)23-12-15-28(3)24(26(19)23)9-10-25(28)38-5;/h7-8,18-19,23-26,37H,6,9-17H2,1-5H3;1H/t19-,23?,24?,25?,26?,28?;/m1./s1. The molecule has 1 N–H and O–H groups in total. The monoisotopic (exact) mass is 579 g/mol. The second-order valence-electron chi connectivity index (χ2n) is 13.0. The van der Waals surface area contributed by atoms with Gasteiger partial charge in [0.25, 0.3) is 0 Å². The van der Waals surface area contributed by atoms with Gasteiger partial charge in [-0.1, -0.05) is 24.9 Å². The number of alkyl halides is 5. The van der Waals surface area contributed by atoms with Crippen molar-refractivity contribution in [3.8, 4) is 5.75 Å². The molecule has 0 heterocycles. The summed E-state index contributed by atoms with van der Waals surface area (Å²) in [7, 11) is 3.74. The normalized spacial score (nSPS) is 31.2. The molecule has 1 aromatic carbocycles. The minimum Gasteiger partial charge on any atom is -0.508 e. The van der Waals surface area contributed by atoms with E-state index in [-0.39, 0.29) is 30.7 Å². The molecule has 0 amide bonds. The molecule has 4 rings (SSSR count). The zero-order valence-electron chi connectivity index (χ0n) is 23.8. The van der Waals surface area contributed by atoms with Crippen LogP contribution in [-0.2, 0) is 11.2 Å². The molecule has 39 heavy (non-hydrogen) atoms. The summed E-state index contributed by atoms with van der Waals surface area (Å²) in [5.74, 6) is -2.07. The molecule has 224 valence electrons. The summed E-state index contributed by atoms with van der Waals surface area (Å²) in [4.78, 5) is 0. The fourth-order valence-electron chi connectivity index (χ4n) is 7.91. The van der Waals surface area contributed by atoms with Crippen molar-refractivity contribution in [1.82, 2.24) is 4.31 Å². The van der Waals surface area contributed by atoms with Crippen LogP contribution in [0.25, 0.3) is 0 Å². The Balaban J connectivity index is 0.00000441. The van der Waals surface area contributed by atoms with E-state index in [0.717, 1.165) is 38.5 Å². The van der Waals surface area contributed by atoms with Gasteiger partial charge in [-0.3, -0.25) is 0 Å². The van der Waals surface area contributed by atoms with E-state index in [1.165, 1.54) is 29.5 Å². The molecule has 0 radical (unpaired) electrons. The van der Waals surface area contributed by atoms with Gasteiger partial charge in [-0.25, -0.2) is 4.31 Å². The molecule has 0 saturated heterocycles. The van der Waals surface area contributed by atoms with Crippen LogP contribution < -0.4 is 0 Å². The average Bonchev–Trinajstić information content (AvgIpc) is 3.20. The molecular weight excluding hydrogens is 533 g/mol. The summed E-state index contributed by atoms with van der Waals surface area (Å²) in [6.45, 7) is 6.65. The van der Waals surface area contributed by atoms with E-state index >= 15 is 0 Å². The zero-order chi connectivity index (χ0) is 28.8. The van der Waals surface area contributed by atoms with E-state index in [1.54, 1.807) is 0 Å². The molecule has 9 heteroatoms. The minimum atomic E-state index is -5.49. The van der Waals surface area contributed by atoms with E-state index in [1.807, 2.05) is 30.6 Å². The lowest BCUT2D eigenvalue weighted by Crippen LogP contribution is -2.48. The first-order valence-electron chi connectivity index (χ1n) is 14.3. The van der Waals surface area contributed by atoms with E-state index in [0.29, 0.717) is 29.4 Å². The summed E-state index contributed by atoms with van der Waals surface area (Å²) in [5, 5.41) is 10.2. The highest BCUT2D eigenvalue weighted by Gasteiger charge is 2.58. The Bertz CT molecular complexity index is 1010. The van der Waals surface area contributed by atoms with Crippen molar-refractivity contribution in [3.63, 3.8) is 0 Å². The topological polar surface area (TPSA) is 32.7 Å². The molecule has 2 saturated carbocycles. The Morgan fingerprint density at radius 1 is 1.13 bits per heavy atom. The van der Waals surface area contributed by atoms with Gasteiger partial charge in [-0.2, -0.15) is 22.0 Å². The molecule has 0 spiro atoms. The maximum Gasteiger partial charge on any atom is 0.453 e. The first-order valence-corrected chi connectivity index (χ1v) is 15.2. The van der Waals surface area contributed by atoms with Gasteiger partial charge in [0.05, 0.1) is 6.10 Å². The highest BCUT2D eigenvalue weighted by atomic mass is 32.2. The number of hydrogen-bond donors (Lipinski definition) is 1. The molecule has 0 aromatic heterocycles. The van der Waals surface area contributed by atoms with Crippen LogP contribution in [0.1, 0.15) is 90.6 Å². The Morgan fingerprint density at radius 3 is 2.51 bits per heavy atom. The third-order valence-electron chi connectivity index (χ3n) is 10.4. The summed E-state index contributed by atoms with van der Waals surface area (Å²) in [6, 6.07) is 5.87. The van der Waals surface area contributed by atoms with Gasteiger partial charge in [0.1, 0.15) is 5.75 Å². The SMILES string of the molecule is COC1CCC2C3C(CCC12C)c1ccc(O)cc1C[C@H]3CCC(C)(C)N(C)SCCCC(F)(F)C(F)(F)F.[HH]. The van der Waals surface area contributed by atoms with Gasteiger partial charge < -0.3 is 9.84 Å². The number of halogens is 5. The lowest BCUT2D eigenvalue weighted by molar-refractivity contribution is -0.284. The van der Waals surface area contributed by atoms with Crippen LogP contribution in [0.15, 0.2) is 18.2 Å². The molecule has 3 aliphatic carbocycles. The summed E-state index contributed by atoms with van der Waals surface area (Å²) in [6.07, 6.45) is 0.727. The van der Waals surface area contributed by atoms with Crippen LogP contribution in [0.5, 0.6) is 5.75 Å². The fraction of sp³-hybridized carbons (Fsp3) is 0.800. The first kappa shape index (κ1) is 30.9. The molecule has 6 atom stereocenters. The number of methoxy groups -OCH3 is 1. The maximum atomic E-state index is 13.3. The van der Waals surface area contributed by atoms with Crippen molar-refractivity contribution in [3.05, 3.63) is 29.3 Å². The number of rotatable bonds is 10. The largest absolute Gasteiger partial charge is 0.508 e. The predicted molar refractivity (Wildman–Crippen MR) is 148 cm³/mol. The Kier molecular flexibility index (Phi) is 8.96. The van der Waals surface area contributed by atoms with Crippen molar-refractivity contribution in [2.45, 2.75) is 108 Å². The summed E-state index contributed by atoms with van der Waals surface area (Å²) < 4.78 is 72.0. The van der Waals surface area contributed by atoms with Crippen molar-refractivity contribution in [2.24, 2.45) is 23.2 Å². The minimum absolute atomic E-state index is 0. The first-order chi connectivity index (χ1) is 18.1. The van der Waals surface area contributed by atoms with Crippen molar-refractivity contribution in [1.29, 1.82) is 0 Å². The van der Waals surface area contributed by atoms with Crippen LogP contribution in [0.4, 0.5) is 22.0 Å². The smallest absolute Gasteiger partial charge is 0.453 e. The molecule has 5 unspecified atom stereocenters. The van der Waals surface area contributed by atoms with Crippen molar-refractivity contribution < 1.29 is 33.2 Å². The number of nitrogens with zero attached hydrogens (tertiary/aromatic N) is 1. The average molecular weight is 580 g/mol. The van der Waals surface area contributed by atoms with Gasteiger partial charge in [0.15, 0.2) is 0 Å². The molecule has 1 aromatic rings. The van der Waals surface area contributed by atoms with Gasteiger partial charge in [-0.15, -0.1) is 0 Å². The second-order valence-corrected chi connectivity index (χ2v) is 14.2. The number of benzene rings is 1. The number of phenols is 1. The Labute approximate surface area is 235 Å². The maximum absolute atomic E-state index is 13.3. The molecule has 0 aliphatic heterocycles. The zero-order valence-corrected chi connectivity index (χ0v) is 24.6. The summed E-state index contributed by atoms with van der Waals surface area (Å²) in [5.41, 5.74) is 2.55. The Morgan fingerprint density at radius 2 is 1.85 bits per heavy atom.